The van der Waals surface area contributed by atoms with Gasteiger partial charge in [0, 0.05) is 34.9 Å². The van der Waals surface area contributed by atoms with Crippen LogP contribution in [0.4, 0.5) is 28.4 Å². The number of nitrogens with zero attached hydrogens (tertiary/aromatic N) is 4. The minimum absolute atomic E-state index is 0.0489. The first-order valence-corrected chi connectivity index (χ1v) is 22.9. The Labute approximate surface area is 337 Å². The third-order valence-electron chi connectivity index (χ3n) is 12.5. The number of fused-ring (bicyclic) bond motifs is 4. The van der Waals surface area contributed by atoms with Crippen LogP contribution in [-0.2, 0) is 36.1 Å². The normalized spacial score (nSPS) is 25.2. The molecule has 5 aliphatic rings. The summed E-state index contributed by atoms with van der Waals surface area (Å²) in [5.74, 6) is -0.360. The maximum Gasteiger partial charge on any atom is 0.269 e. The van der Waals surface area contributed by atoms with Gasteiger partial charge in [-0.3, -0.25) is 29.0 Å². The molecular weight excluding hydrogens is 757 g/mol. The number of likely N-dealkylation sites (tertiary alicyclic amines) is 1. The van der Waals surface area contributed by atoms with Crippen molar-refractivity contribution >= 4 is 60.4 Å². The van der Waals surface area contributed by atoms with Crippen molar-refractivity contribution in [2.75, 3.05) is 41.1 Å². The van der Waals surface area contributed by atoms with E-state index in [1.54, 1.807) is 25.7 Å². The second-order valence-corrected chi connectivity index (χ2v) is 20.3. The van der Waals surface area contributed by atoms with E-state index in [1.165, 1.54) is 0 Å². The van der Waals surface area contributed by atoms with Gasteiger partial charge >= 0.3 is 0 Å². The monoisotopic (exact) mass is 802 g/mol. The van der Waals surface area contributed by atoms with Crippen molar-refractivity contribution in [3.8, 4) is 11.5 Å². The third-order valence-corrected chi connectivity index (χ3v) is 15.0. The Hall–Kier alpha value is -5.54. The highest BCUT2D eigenvalue weighted by molar-refractivity contribution is 6.71. The zero-order valence-electron chi connectivity index (χ0n) is 32.7. The first-order valence-electron chi connectivity index (χ1n) is 19.9. The topological polar surface area (TPSA) is 149 Å². The molecule has 4 amide bonds. The highest BCUT2D eigenvalue weighted by atomic mass is 28.4. The standard InChI is InChI=1S/C44H46N4O9Si/c1-27-42(58(2,3)54)38(22-39(50)45-20-8-9-31(45)24-49)57-44(27)32-21-30(48-35-11-5-7-13-37(35)56-26-41(48)52)18-19-33(32)46(43(44)53)23-28-14-16-29(17-15-28)47-34-10-4-6-12-36(34)55-25-40(47)51/h4-7,10-19,21,27,31,38,42,49,54H,8-9,20,22-26H2,1-3H3/t27-,31+,38+,42-,44+/m1/s1. The fourth-order valence-corrected chi connectivity index (χ4v) is 12.5. The predicted octanol–water partition coefficient (Wildman–Crippen LogP) is 5.52. The lowest BCUT2D eigenvalue weighted by molar-refractivity contribution is -0.150. The summed E-state index contributed by atoms with van der Waals surface area (Å²) in [7, 11) is -3.12. The molecule has 300 valence electrons. The Morgan fingerprint density at radius 2 is 1.43 bits per heavy atom. The fraction of sp³-hybridized carbons (Fsp3) is 0.364. The van der Waals surface area contributed by atoms with Gasteiger partial charge in [0.05, 0.1) is 48.8 Å². The number of carbonyl (C=O) groups excluding carboxylic acids is 4. The summed E-state index contributed by atoms with van der Waals surface area (Å²) in [6.07, 6.45) is 0.666. The number of anilines is 5. The number of amides is 4. The van der Waals surface area contributed by atoms with Crippen LogP contribution in [0.2, 0.25) is 18.6 Å². The van der Waals surface area contributed by atoms with Gasteiger partial charge in [0.1, 0.15) is 11.5 Å². The molecule has 14 heteroatoms. The minimum atomic E-state index is -3.12. The Bertz CT molecular complexity index is 2310. The molecule has 5 heterocycles. The van der Waals surface area contributed by atoms with E-state index >= 15 is 4.79 Å². The maximum atomic E-state index is 15.3. The zero-order valence-corrected chi connectivity index (χ0v) is 33.7. The van der Waals surface area contributed by atoms with E-state index in [2.05, 4.69) is 0 Å². The van der Waals surface area contributed by atoms with Crippen molar-refractivity contribution in [3.05, 3.63) is 102 Å². The Kier molecular flexibility index (Phi) is 9.42. The molecule has 0 aromatic heterocycles. The van der Waals surface area contributed by atoms with Gasteiger partial charge in [0.2, 0.25) is 5.91 Å². The average Bonchev–Trinajstić information content (AvgIpc) is 3.88. The Morgan fingerprint density at radius 1 is 0.828 bits per heavy atom. The molecule has 0 unspecified atom stereocenters. The van der Waals surface area contributed by atoms with Crippen LogP contribution in [0.15, 0.2) is 91.0 Å². The van der Waals surface area contributed by atoms with Crippen molar-refractivity contribution in [2.24, 2.45) is 5.92 Å². The third kappa shape index (κ3) is 6.08. The SMILES string of the molecule is C[C@@H]1[C@@H]([Si](C)(C)O)[C@H](CC(=O)N2CCC[C@H]2CO)O[C@@]12C(=O)N(Cc1ccc(N3C(=O)COc4ccccc43)cc1)c1ccc(N3C(=O)COc4ccccc43)cc12. The largest absolute Gasteiger partial charge is 0.482 e. The fourth-order valence-electron chi connectivity index (χ4n) is 9.91. The van der Waals surface area contributed by atoms with E-state index in [1.807, 2.05) is 105 Å². The van der Waals surface area contributed by atoms with Gasteiger partial charge in [-0.1, -0.05) is 43.3 Å². The number of ether oxygens (including phenoxy) is 3. The highest BCUT2D eigenvalue weighted by Gasteiger charge is 2.66. The molecule has 2 saturated heterocycles. The van der Waals surface area contributed by atoms with Gasteiger partial charge in [-0.2, -0.15) is 0 Å². The smallest absolute Gasteiger partial charge is 0.269 e. The molecule has 2 N–H and O–H groups in total. The molecule has 0 saturated carbocycles. The number of para-hydroxylation sites is 4. The molecule has 13 nitrogen and oxygen atoms in total. The van der Waals surface area contributed by atoms with Crippen molar-refractivity contribution in [2.45, 2.75) is 69.1 Å². The van der Waals surface area contributed by atoms with E-state index in [0.29, 0.717) is 58.5 Å². The number of hydrogen-bond donors (Lipinski definition) is 2. The molecule has 1 spiro atoms. The van der Waals surface area contributed by atoms with Crippen LogP contribution in [0, 0.1) is 5.92 Å². The number of carbonyl (C=O) groups is 4. The Balaban J connectivity index is 1.11. The van der Waals surface area contributed by atoms with E-state index in [4.69, 9.17) is 14.2 Å². The molecule has 58 heavy (non-hydrogen) atoms. The van der Waals surface area contributed by atoms with E-state index in [9.17, 15) is 24.3 Å². The summed E-state index contributed by atoms with van der Waals surface area (Å²) in [5.41, 5.74) is 2.27. The molecule has 4 aromatic carbocycles. The van der Waals surface area contributed by atoms with Gasteiger partial charge in [-0.05, 0) is 86.1 Å². The van der Waals surface area contributed by atoms with Crippen molar-refractivity contribution in [3.63, 3.8) is 0 Å². The number of aliphatic hydroxyl groups is 1. The van der Waals surface area contributed by atoms with E-state index in [0.717, 1.165) is 12.0 Å². The van der Waals surface area contributed by atoms with Crippen LogP contribution in [0.25, 0.3) is 0 Å². The quantitative estimate of drug-likeness (QED) is 0.220. The van der Waals surface area contributed by atoms with Crippen LogP contribution in [-0.4, -0.2) is 85.3 Å². The molecule has 0 bridgehead atoms. The van der Waals surface area contributed by atoms with Crippen LogP contribution < -0.4 is 24.2 Å². The molecule has 5 atom stereocenters. The number of benzene rings is 4. The summed E-state index contributed by atoms with van der Waals surface area (Å²) < 4.78 is 18.4. The van der Waals surface area contributed by atoms with Gasteiger partial charge < -0.3 is 33.9 Å². The average molecular weight is 803 g/mol. The second kappa shape index (κ2) is 14.4. The molecule has 2 fully saturated rings. The van der Waals surface area contributed by atoms with Gasteiger partial charge in [0.25, 0.3) is 17.7 Å². The Morgan fingerprint density at radius 3 is 2.05 bits per heavy atom. The summed E-state index contributed by atoms with van der Waals surface area (Å²) in [6.45, 7) is 5.88. The van der Waals surface area contributed by atoms with Crippen molar-refractivity contribution < 1.29 is 43.3 Å². The lowest BCUT2D eigenvalue weighted by Crippen LogP contribution is -2.46. The number of rotatable bonds is 8. The highest BCUT2D eigenvalue weighted by Crippen LogP contribution is 2.60. The number of hydrogen-bond acceptors (Lipinski definition) is 9. The van der Waals surface area contributed by atoms with Gasteiger partial charge in [0.15, 0.2) is 27.1 Å². The number of aliphatic hydroxyl groups excluding tert-OH is 1. The molecule has 4 aromatic rings. The van der Waals surface area contributed by atoms with Gasteiger partial charge in [-0.15, -0.1) is 0 Å². The lowest BCUT2D eigenvalue weighted by Gasteiger charge is -2.33. The molecule has 0 aliphatic carbocycles. The zero-order chi connectivity index (χ0) is 40.5. The molecular formula is C44H46N4O9Si. The van der Waals surface area contributed by atoms with E-state index < -0.39 is 31.5 Å². The molecule has 0 radical (unpaired) electrons. The van der Waals surface area contributed by atoms with Crippen molar-refractivity contribution in [1.82, 2.24) is 4.90 Å². The maximum absolute atomic E-state index is 15.3. The summed E-state index contributed by atoms with van der Waals surface area (Å²) in [4.78, 5) is 74.4. The molecule has 9 rings (SSSR count). The first-order chi connectivity index (χ1) is 27.9. The van der Waals surface area contributed by atoms with Crippen LogP contribution in [0.5, 0.6) is 11.5 Å². The second-order valence-electron chi connectivity index (χ2n) is 16.4. The predicted molar refractivity (Wildman–Crippen MR) is 218 cm³/mol. The first kappa shape index (κ1) is 38.0. The minimum Gasteiger partial charge on any atom is -0.482 e. The van der Waals surface area contributed by atoms with Crippen LogP contribution in [0.3, 0.4) is 0 Å². The van der Waals surface area contributed by atoms with E-state index in [-0.39, 0.29) is 62.5 Å². The summed E-state index contributed by atoms with van der Waals surface area (Å²) in [5, 5.41) is 10.0. The van der Waals surface area contributed by atoms with Gasteiger partial charge in [-0.25, -0.2) is 0 Å². The summed E-state index contributed by atoms with van der Waals surface area (Å²) in [6, 6.07) is 27.3. The molecule has 5 aliphatic heterocycles. The van der Waals surface area contributed by atoms with Crippen LogP contribution in [0.1, 0.15) is 37.3 Å². The van der Waals surface area contributed by atoms with Crippen LogP contribution >= 0.6 is 0 Å². The summed E-state index contributed by atoms with van der Waals surface area (Å²) >= 11 is 0. The lowest BCUT2D eigenvalue weighted by atomic mass is 9.82. The van der Waals surface area contributed by atoms with Crippen molar-refractivity contribution in [1.29, 1.82) is 0 Å².